The summed E-state index contributed by atoms with van der Waals surface area (Å²) < 4.78 is 0. The van der Waals surface area contributed by atoms with Crippen molar-refractivity contribution < 1.29 is 0 Å². The predicted molar refractivity (Wildman–Crippen MR) is 62.5 cm³/mol. The molecule has 0 amide bonds. The first kappa shape index (κ1) is 11.4. The molecule has 0 bridgehead atoms. The van der Waals surface area contributed by atoms with E-state index >= 15 is 0 Å². The normalized spacial score (nSPS) is 9.00. The molecule has 1 aromatic rings. The van der Waals surface area contributed by atoms with E-state index in [9.17, 15) is 0 Å². The Morgan fingerprint density at radius 1 is 1.08 bits per heavy atom. The van der Waals surface area contributed by atoms with Crippen molar-refractivity contribution in [1.29, 1.82) is 0 Å². The lowest BCUT2D eigenvalue weighted by Gasteiger charge is -1.97. The van der Waals surface area contributed by atoms with Gasteiger partial charge in [-0.15, -0.1) is 13.2 Å². The minimum absolute atomic E-state index is 1.19. The summed E-state index contributed by atoms with van der Waals surface area (Å²) in [4.78, 5) is 0. The van der Waals surface area contributed by atoms with Crippen LogP contribution in [-0.4, -0.2) is 0 Å². The van der Waals surface area contributed by atoms with Crippen LogP contribution in [0.4, 0.5) is 0 Å². The third kappa shape index (κ3) is 3.57. The van der Waals surface area contributed by atoms with Crippen LogP contribution in [0.25, 0.3) is 12.2 Å². The van der Waals surface area contributed by atoms with E-state index in [0.717, 1.165) is 0 Å². The van der Waals surface area contributed by atoms with Crippen LogP contribution >= 0.6 is 0 Å². The molecule has 0 aromatic heterocycles. The van der Waals surface area contributed by atoms with Crippen LogP contribution in [0.5, 0.6) is 0 Å². The lowest BCUT2D eigenvalue weighted by Crippen LogP contribution is -1.76. The van der Waals surface area contributed by atoms with Crippen molar-refractivity contribution in [2.24, 2.45) is 0 Å². The summed E-state index contributed by atoms with van der Waals surface area (Å²) in [5, 5.41) is 0. The molecule has 0 fully saturated rings. The summed E-state index contributed by atoms with van der Waals surface area (Å²) in [6.07, 6.45) is 5.98. The second kappa shape index (κ2) is 7.11. The number of benzene rings is 1. The molecular weight excluding hydrogens is 156 g/mol. The fourth-order valence-electron chi connectivity index (χ4n) is 1.03. The zero-order valence-electron chi connectivity index (χ0n) is 8.16. The van der Waals surface area contributed by atoms with Gasteiger partial charge in [0.15, 0.2) is 0 Å². The van der Waals surface area contributed by atoms with E-state index in [0.29, 0.717) is 0 Å². The molecule has 1 aromatic carbocycles. The highest BCUT2D eigenvalue weighted by Gasteiger charge is 1.90. The van der Waals surface area contributed by atoms with Crippen LogP contribution in [0, 0.1) is 0 Å². The minimum atomic E-state index is 1.19. The molecule has 0 heterocycles. The van der Waals surface area contributed by atoms with Crippen LogP contribution < -0.4 is 0 Å². The number of rotatable bonds is 2. The minimum Gasteiger partial charge on any atom is -0.106 e. The summed E-state index contributed by atoms with van der Waals surface area (Å²) >= 11 is 0. The van der Waals surface area contributed by atoms with Gasteiger partial charge in [-0.2, -0.15) is 0 Å². The van der Waals surface area contributed by atoms with E-state index in [1.807, 2.05) is 31.2 Å². The molecule has 0 aliphatic heterocycles. The average molecular weight is 172 g/mol. The van der Waals surface area contributed by atoms with Gasteiger partial charge >= 0.3 is 0 Å². The molecule has 0 unspecified atom stereocenters. The van der Waals surface area contributed by atoms with Gasteiger partial charge in [0.05, 0.1) is 0 Å². The van der Waals surface area contributed by atoms with Crippen molar-refractivity contribution in [1.82, 2.24) is 0 Å². The number of allylic oxidation sites excluding steroid dienone is 1. The van der Waals surface area contributed by atoms with Gasteiger partial charge in [-0.25, -0.2) is 0 Å². The van der Waals surface area contributed by atoms with E-state index in [1.165, 1.54) is 11.1 Å². The highest BCUT2D eigenvalue weighted by atomic mass is 13.9. The van der Waals surface area contributed by atoms with Crippen molar-refractivity contribution in [2.45, 2.75) is 6.92 Å². The highest BCUT2D eigenvalue weighted by molar-refractivity contribution is 5.63. The van der Waals surface area contributed by atoms with Crippen molar-refractivity contribution in [3.63, 3.8) is 0 Å². The molecule has 0 nitrogen and oxygen atoms in total. The van der Waals surface area contributed by atoms with Gasteiger partial charge in [-0.1, -0.05) is 49.1 Å². The molecule has 0 saturated heterocycles. The standard InChI is InChI=1S/C11H12.C2H4/c1-3-7-11-9-6-5-8-10(11)4-2;1-2/h3-9H,2H2,1H3;1-2H2. The summed E-state index contributed by atoms with van der Waals surface area (Å²) in [5.41, 5.74) is 2.41. The van der Waals surface area contributed by atoms with Crippen LogP contribution in [0.3, 0.4) is 0 Å². The van der Waals surface area contributed by atoms with Crippen molar-refractivity contribution >= 4 is 12.2 Å². The second-order valence-corrected chi connectivity index (χ2v) is 2.33. The van der Waals surface area contributed by atoms with Gasteiger partial charge in [0, 0.05) is 0 Å². The molecule has 68 valence electrons. The first-order valence-electron chi connectivity index (χ1n) is 4.22. The first-order valence-corrected chi connectivity index (χ1v) is 4.22. The quantitative estimate of drug-likeness (QED) is 0.587. The fraction of sp³-hybridized carbons (Fsp3) is 0.0769. The van der Waals surface area contributed by atoms with E-state index in [1.54, 1.807) is 0 Å². The Hall–Kier alpha value is -1.56. The van der Waals surface area contributed by atoms with E-state index in [4.69, 9.17) is 0 Å². The summed E-state index contributed by atoms with van der Waals surface area (Å²) in [6.45, 7) is 11.8. The van der Waals surface area contributed by atoms with E-state index in [2.05, 4.69) is 37.9 Å². The van der Waals surface area contributed by atoms with Crippen LogP contribution in [-0.2, 0) is 0 Å². The zero-order chi connectivity index (χ0) is 10.1. The van der Waals surface area contributed by atoms with Gasteiger partial charge in [-0.3, -0.25) is 0 Å². The molecule has 13 heavy (non-hydrogen) atoms. The average Bonchev–Trinajstić information content (AvgIpc) is 2.22. The van der Waals surface area contributed by atoms with Gasteiger partial charge in [0.25, 0.3) is 0 Å². The van der Waals surface area contributed by atoms with Gasteiger partial charge in [0.2, 0.25) is 0 Å². The van der Waals surface area contributed by atoms with Crippen molar-refractivity contribution in [3.05, 3.63) is 61.2 Å². The molecule has 1 rings (SSSR count). The van der Waals surface area contributed by atoms with Crippen LogP contribution in [0.15, 0.2) is 50.1 Å². The highest BCUT2D eigenvalue weighted by Crippen LogP contribution is 2.11. The second-order valence-electron chi connectivity index (χ2n) is 2.33. The van der Waals surface area contributed by atoms with E-state index in [-0.39, 0.29) is 0 Å². The van der Waals surface area contributed by atoms with Gasteiger partial charge in [-0.05, 0) is 18.1 Å². The van der Waals surface area contributed by atoms with Crippen LogP contribution in [0.2, 0.25) is 0 Å². The summed E-state index contributed by atoms with van der Waals surface area (Å²) in [7, 11) is 0. The lowest BCUT2D eigenvalue weighted by atomic mass is 10.1. The topological polar surface area (TPSA) is 0 Å². The maximum Gasteiger partial charge on any atom is -0.0188 e. The third-order valence-electron chi connectivity index (χ3n) is 1.56. The van der Waals surface area contributed by atoms with Crippen molar-refractivity contribution in [3.8, 4) is 0 Å². The number of hydrogen-bond acceptors (Lipinski definition) is 0. The molecule has 0 spiro atoms. The fourth-order valence-corrected chi connectivity index (χ4v) is 1.03. The summed E-state index contributed by atoms with van der Waals surface area (Å²) in [5.74, 6) is 0. The smallest absolute Gasteiger partial charge is 0.0188 e. The predicted octanol–water partition coefficient (Wildman–Crippen LogP) is 4.16. The first-order chi connectivity index (χ1) is 6.38. The maximum atomic E-state index is 3.74. The molecule has 0 N–H and O–H groups in total. The lowest BCUT2D eigenvalue weighted by molar-refractivity contribution is 1.60. The maximum absolute atomic E-state index is 3.74. The Kier molecular flexibility index (Phi) is 6.26. The van der Waals surface area contributed by atoms with Gasteiger partial charge < -0.3 is 0 Å². The Labute approximate surface area is 80.9 Å². The Balaban J connectivity index is 0.000000671. The van der Waals surface area contributed by atoms with Crippen molar-refractivity contribution in [2.75, 3.05) is 0 Å². The largest absolute Gasteiger partial charge is 0.106 e. The zero-order valence-corrected chi connectivity index (χ0v) is 8.16. The third-order valence-corrected chi connectivity index (χ3v) is 1.56. The Bertz CT molecular complexity index is 282. The molecule has 0 radical (unpaired) electrons. The molecule has 0 aliphatic rings. The molecule has 0 atom stereocenters. The van der Waals surface area contributed by atoms with Crippen LogP contribution in [0.1, 0.15) is 18.1 Å². The van der Waals surface area contributed by atoms with Gasteiger partial charge in [0.1, 0.15) is 0 Å². The molecule has 0 saturated carbocycles. The SMILES string of the molecule is C=C.C=Cc1ccccc1C=CC. The Morgan fingerprint density at radius 3 is 2.08 bits per heavy atom. The summed E-state index contributed by atoms with van der Waals surface area (Å²) in [6, 6.07) is 8.19. The number of hydrogen-bond donors (Lipinski definition) is 0. The molecule has 0 heteroatoms. The Morgan fingerprint density at radius 2 is 1.62 bits per heavy atom. The molecular formula is C13H16. The molecule has 0 aliphatic carbocycles. The van der Waals surface area contributed by atoms with E-state index < -0.39 is 0 Å². The monoisotopic (exact) mass is 172 g/mol.